The van der Waals surface area contributed by atoms with E-state index in [9.17, 15) is 9.59 Å². The first-order valence-electron chi connectivity index (χ1n) is 10.8. The fraction of sp³-hybridized carbons (Fsp3) is 0.280. The third-order valence-electron chi connectivity index (χ3n) is 5.57. The fourth-order valence-electron chi connectivity index (χ4n) is 3.82. The van der Waals surface area contributed by atoms with Crippen molar-refractivity contribution < 1.29 is 19.4 Å². The molecule has 0 saturated carbocycles. The molecule has 0 spiro atoms. The molecular weight excluding hydrogens is 495 g/mol. The highest BCUT2D eigenvalue weighted by atomic mass is 35.5. The van der Waals surface area contributed by atoms with Crippen molar-refractivity contribution in [3.05, 3.63) is 75.8 Å². The summed E-state index contributed by atoms with van der Waals surface area (Å²) in [5, 5.41) is 15.0. The van der Waals surface area contributed by atoms with Gasteiger partial charge in [0, 0.05) is 31.1 Å². The number of carbonyl (C=O) groups excluding carboxylic acids is 1. The third-order valence-corrected chi connectivity index (χ3v) is 7.30. The highest BCUT2D eigenvalue weighted by Crippen LogP contribution is 2.25. The minimum Gasteiger partial charge on any atom is -0.478 e. The molecule has 0 radical (unpaired) electrons. The second-order valence-corrected chi connectivity index (χ2v) is 9.96. The van der Waals surface area contributed by atoms with Crippen LogP contribution in [0.4, 0.5) is 0 Å². The molecule has 0 aliphatic carbocycles. The summed E-state index contributed by atoms with van der Waals surface area (Å²) in [6.07, 6.45) is -0.0745. The van der Waals surface area contributed by atoms with Gasteiger partial charge >= 0.3 is 5.97 Å². The van der Waals surface area contributed by atoms with E-state index in [0.717, 1.165) is 40.9 Å². The molecule has 1 saturated heterocycles. The topological polar surface area (TPSA) is 78.9 Å². The molecule has 34 heavy (non-hydrogen) atoms. The lowest BCUT2D eigenvalue weighted by molar-refractivity contribution is -0.119. The van der Waals surface area contributed by atoms with E-state index in [1.54, 1.807) is 24.3 Å². The van der Waals surface area contributed by atoms with Gasteiger partial charge < -0.3 is 15.2 Å². The SMILES string of the molecule is O=C(CSc1ccc2cc(C(=O)O)ccc2c1)NCC1CN(Cc2ccc(Cl)c(Cl)c2)CCO1. The monoisotopic (exact) mass is 518 g/mol. The number of hydrogen-bond donors (Lipinski definition) is 2. The molecule has 3 aromatic carbocycles. The maximum Gasteiger partial charge on any atom is 0.335 e. The Labute approximate surface area is 212 Å². The van der Waals surface area contributed by atoms with Crippen molar-refractivity contribution in [2.45, 2.75) is 17.5 Å². The van der Waals surface area contributed by atoms with E-state index in [4.69, 9.17) is 33.0 Å². The Kier molecular flexibility index (Phi) is 8.34. The van der Waals surface area contributed by atoms with E-state index in [1.165, 1.54) is 11.8 Å². The molecule has 1 unspecified atom stereocenters. The normalized spacial score (nSPS) is 16.5. The van der Waals surface area contributed by atoms with Gasteiger partial charge in [-0.1, -0.05) is 41.4 Å². The van der Waals surface area contributed by atoms with Gasteiger partial charge in [-0.25, -0.2) is 4.79 Å². The molecule has 178 valence electrons. The zero-order chi connectivity index (χ0) is 24.1. The molecule has 4 rings (SSSR count). The number of ether oxygens (including phenoxy) is 1. The van der Waals surface area contributed by atoms with Crippen molar-refractivity contribution in [3.63, 3.8) is 0 Å². The summed E-state index contributed by atoms with van der Waals surface area (Å²) in [6, 6.07) is 16.4. The Morgan fingerprint density at radius 2 is 1.85 bits per heavy atom. The third kappa shape index (κ3) is 6.64. The van der Waals surface area contributed by atoms with Crippen LogP contribution in [0.25, 0.3) is 10.8 Å². The largest absolute Gasteiger partial charge is 0.478 e. The lowest BCUT2D eigenvalue weighted by Crippen LogP contribution is -2.47. The number of nitrogens with zero attached hydrogens (tertiary/aromatic N) is 1. The number of benzene rings is 3. The van der Waals surface area contributed by atoms with E-state index >= 15 is 0 Å². The number of carboxylic acid groups (broad SMARTS) is 1. The summed E-state index contributed by atoms with van der Waals surface area (Å²) in [5.74, 6) is -0.716. The summed E-state index contributed by atoms with van der Waals surface area (Å²) >= 11 is 13.6. The molecule has 0 bridgehead atoms. The predicted molar refractivity (Wildman–Crippen MR) is 136 cm³/mol. The smallest absolute Gasteiger partial charge is 0.335 e. The zero-order valence-corrected chi connectivity index (χ0v) is 20.6. The van der Waals surface area contributed by atoms with Gasteiger partial charge in [-0.05, 0) is 52.7 Å². The second-order valence-electron chi connectivity index (χ2n) is 8.10. The van der Waals surface area contributed by atoms with Gasteiger partial charge in [0.1, 0.15) is 0 Å². The quantitative estimate of drug-likeness (QED) is 0.410. The Bertz CT molecular complexity index is 1210. The van der Waals surface area contributed by atoms with Gasteiger partial charge in [0.15, 0.2) is 0 Å². The van der Waals surface area contributed by atoms with Crippen LogP contribution in [0.1, 0.15) is 15.9 Å². The van der Waals surface area contributed by atoms with Crippen LogP contribution in [0.15, 0.2) is 59.5 Å². The highest BCUT2D eigenvalue weighted by molar-refractivity contribution is 8.00. The van der Waals surface area contributed by atoms with Gasteiger partial charge in [0.25, 0.3) is 0 Å². The van der Waals surface area contributed by atoms with E-state index < -0.39 is 5.97 Å². The number of nitrogens with one attached hydrogen (secondary N) is 1. The maximum atomic E-state index is 12.4. The average Bonchev–Trinajstić information content (AvgIpc) is 2.83. The van der Waals surface area contributed by atoms with E-state index in [2.05, 4.69) is 10.2 Å². The highest BCUT2D eigenvalue weighted by Gasteiger charge is 2.21. The van der Waals surface area contributed by atoms with Gasteiger partial charge in [-0.15, -0.1) is 11.8 Å². The number of aromatic carboxylic acids is 1. The maximum absolute atomic E-state index is 12.4. The van der Waals surface area contributed by atoms with Crippen LogP contribution in [0.5, 0.6) is 0 Å². The van der Waals surface area contributed by atoms with E-state index in [1.807, 2.05) is 30.3 Å². The average molecular weight is 519 g/mol. The lowest BCUT2D eigenvalue weighted by atomic mass is 10.1. The number of fused-ring (bicyclic) bond motifs is 1. The summed E-state index contributed by atoms with van der Waals surface area (Å²) in [4.78, 5) is 26.7. The molecule has 0 aromatic heterocycles. The van der Waals surface area contributed by atoms with E-state index in [-0.39, 0.29) is 17.6 Å². The summed E-state index contributed by atoms with van der Waals surface area (Å²) in [5.41, 5.74) is 1.35. The number of carbonyl (C=O) groups is 2. The molecular formula is C25H24Cl2N2O4S. The first-order chi connectivity index (χ1) is 16.4. The molecule has 2 N–H and O–H groups in total. The summed E-state index contributed by atoms with van der Waals surface area (Å²) < 4.78 is 5.82. The van der Waals surface area contributed by atoms with Crippen molar-refractivity contribution >= 4 is 57.6 Å². The number of halogens is 2. The van der Waals surface area contributed by atoms with Crippen LogP contribution in [0, 0.1) is 0 Å². The summed E-state index contributed by atoms with van der Waals surface area (Å²) in [6.45, 7) is 3.34. The second kappa shape index (κ2) is 11.4. The van der Waals surface area contributed by atoms with Gasteiger partial charge in [0.2, 0.25) is 5.91 Å². The van der Waals surface area contributed by atoms with Crippen molar-refractivity contribution in [2.24, 2.45) is 0 Å². The van der Waals surface area contributed by atoms with Crippen LogP contribution in [0.3, 0.4) is 0 Å². The van der Waals surface area contributed by atoms with Gasteiger partial charge in [-0.2, -0.15) is 0 Å². The van der Waals surface area contributed by atoms with Crippen molar-refractivity contribution in [3.8, 4) is 0 Å². The molecule has 3 aromatic rings. The molecule has 1 aliphatic rings. The first-order valence-corrected chi connectivity index (χ1v) is 12.6. The van der Waals surface area contributed by atoms with Gasteiger partial charge in [-0.3, -0.25) is 9.69 Å². The van der Waals surface area contributed by atoms with Crippen molar-refractivity contribution in [1.82, 2.24) is 10.2 Å². The minimum atomic E-state index is -0.948. The molecule has 1 fully saturated rings. The minimum absolute atomic E-state index is 0.0588. The first kappa shape index (κ1) is 24.8. The molecule has 1 heterocycles. The lowest BCUT2D eigenvalue weighted by Gasteiger charge is -2.33. The predicted octanol–water partition coefficient (Wildman–Crippen LogP) is 4.95. The number of amides is 1. The molecule has 6 nitrogen and oxygen atoms in total. The number of thioether (sulfide) groups is 1. The fourth-order valence-corrected chi connectivity index (χ4v) is 4.91. The van der Waals surface area contributed by atoms with Crippen LogP contribution >= 0.6 is 35.0 Å². The van der Waals surface area contributed by atoms with Crippen molar-refractivity contribution in [2.75, 3.05) is 32.0 Å². The van der Waals surface area contributed by atoms with Crippen LogP contribution < -0.4 is 5.32 Å². The Balaban J connectivity index is 1.23. The summed E-state index contributed by atoms with van der Waals surface area (Å²) in [7, 11) is 0. The molecule has 1 atom stereocenters. The van der Waals surface area contributed by atoms with Crippen LogP contribution in [0.2, 0.25) is 10.0 Å². The molecule has 1 amide bonds. The van der Waals surface area contributed by atoms with Gasteiger partial charge in [0.05, 0.1) is 34.1 Å². The van der Waals surface area contributed by atoms with Crippen molar-refractivity contribution in [1.29, 1.82) is 0 Å². The Morgan fingerprint density at radius 3 is 2.65 bits per heavy atom. The van der Waals surface area contributed by atoms with E-state index in [0.29, 0.717) is 28.9 Å². The number of rotatable bonds is 8. The Morgan fingerprint density at radius 1 is 1.06 bits per heavy atom. The zero-order valence-electron chi connectivity index (χ0n) is 18.3. The number of carboxylic acids is 1. The standard InChI is InChI=1S/C25H24Cl2N2O4S/c26-22-6-1-16(9-23(22)27)13-29-7-8-33-20(14-29)12-28-24(30)15-34-21-5-4-17-10-19(25(31)32)3-2-18(17)11-21/h1-6,9-11,20H,7-8,12-15H2,(H,28,30)(H,31,32). The van der Waals surface area contributed by atoms with Crippen LogP contribution in [-0.4, -0.2) is 60.0 Å². The molecule has 9 heteroatoms. The van der Waals surface area contributed by atoms with Crippen LogP contribution in [-0.2, 0) is 16.1 Å². The Hall–Kier alpha value is -2.29. The number of hydrogen-bond acceptors (Lipinski definition) is 5. The molecule has 1 aliphatic heterocycles. The number of morpholine rings is 1.